The molecule has 0 saturated heterocycles. The predicted molar refractivity (Wildman–Crippen MR) is 256 cm³/mol. The summed E-state index contributed by atoms with van der Waals surface area (Å²) in [7, 11) is 0. The van der Waals surface area contributed by atoms with Crippen molar-refractivity contribution >= 4 is 17.9 Å². The fourth-order valence-corrected chi connectivity index (χ4v) is 7.26. The molecule has 1 unspecified atom stereocenters. The van der Waals surface area contributed by atoms with E-state index in [4.69, 9.17) is 14.2 Å². The molecule has 6 nitrogen and oxygen atoms in total. The summed E-state index contributed by atoms with van der Waals surface area (Å²) in [5.74, 6) is -0.877. The van der Waals surface area contributed by atoms with Crippen LogP contribution in [-0.4, -0.2) is 37.2 Å². The third kappa shape index (κ3) is 46.4. The second-order valence-electron chi connectivity index (χ2n) is 17.1. The molecular weight excluding hydrogens is 745 g/mol. The van der Waals surface area contributed by atoms with Gasteiger partial charge in [-0.3, -0.25) is 14.4 Å². The molecule has 0 aromatic rings. The standard InChI is InChI=1S/C54H96O6/c1-4-7-10-13-16-19-21-23-24-25-26-27-28-29-30-32-33-35-38-41-44-47-53(56)59-50-51(49-58-52(55)46-43-40-37-18-15-12-9-6-3)60-54(57)48-45-42-39-36-34-31-22-20-17-14-11-8-5-2/h7,10,16,19,23-24,26-27,51H,4-6,8-9,11-15,17-18,20-22,25,28-50H2,1-3H3/b10-7-,19-16-,24-23-,27-26-. The molecule has 60 heavy (non-hydrogen) atoms. The van der Waals surface area contributed by atoms with E-state index in [1.165, 1.54) is 128 Å². The minimum Gasteiger partial charge on any atom is -0.462 e. The van der Waals surface area contributed by atoms with Crippen molar-refractivity contribution < 1.29 is 28.6 Å². The van der Waals surface area contributed by atoms with Crippen molar-refractivity contribution in [2.24, 2.45) is 0 Å². The van der Waals surface area contributed by atoms with Gasteiger partial charge in [-0.05, 0) is 57.8 Å². The molecular formula is C54H96O6. The molecule has 0 heterocycles. The van der Waals surface area contributed by atoms with E-state index < -0.39 is 6.10 Å². The Labute approximate surface area is 371 Å². The van der Waals surface area contributed by atoms with Crippen LogP contribution >= 0.6 is 0 Å². The van der Waals surface area contributed by atoms with Gasteiger partial charge in [-0.2, -0.15) is 0 Å². The van der Waals surface area contributed by atoms with Crippen LogP contribution in [0.5, 0.6) is 0 Å². The van der Waals surface area contributed by atoms with Crippen molar-refractivity contribution in [2.75, 3.05) is 13.2 Å². The summed E-state index contributed by atoms with van der Waals surface area (Å²) < 4.78 is 16.7. The monoisotopic (exact) mass is 841 g/mol. The molecule has 0 fully saturated rings. The molecule has 0 radical (unpaired) electrons. The van der Waals surface area contributed by atoms with Gasteiger partial charge in [0.1, 0.15) is 13.2 Å². The highest BCUT2D eigenvalue weighted by Crippen LogP contribution is 2.15. The zero-order valence-electron chi connectivity index (χ0n) is 39.7. The lowest BCUT2D eigenvalue weighted by molar-refractivity contribution is -0.167. The highest BCUT2D eigenvalue weighted by Gasteiger charge is 2.19. The number of rotatable bonds is 46. The van der Waals surface area contributed by atoms with Crippen molar-refractivity contribution in [3.63, 3.8) is 0 Å². The van der Waals surface area contributed by atoms with Gasteiger partial charge in [0, 0.05) is 19.3 Å². The fraction of sp³-hybridized carbons (Fsp3) is 0.796. The van der Waals surface area contributed by atoms with E-state index in [1.807, 2.05) is 0 Å². The van der Waals surface area contributed by atoms with Crippen LogP contribution in [0.4, 0.5) is 0 Å². The summed E-state index contributed by atoms with van der Waals surface area (Å²) >= 11 is 0. The zero-order chi connectivity index (χ0) is 43.7. The SMILES string of the molecule is CC/C=C\C/C=C\C/C=C\C/C=C\CCCCCCCCCCC(=O)OCC(COC(=O)CCCCCCCCCC)OC(=O)CCCCCCCCCCCCCCC. The molecule has 0 aromatic heterocycles. The summed E-state index contributed by atoms with van der Waals surface area (Å²) in [5.41, 5.74) is 0. The summed E-state index contributed by atoms with van der Waals surface area (Å²) in [5, 5.41) is 0. The first kappa shape index (κ1) is 57.4. The van der Waals surface area contributed by atoms with E-state index in [0.29, 0.717) is 19.3 Å². The van der Waals surface area contributed by atoms with Crippen molar-refractivity contribution in [1.29, 1.82) is 0 Å². The van der Waals surface area contributed by atoms with Crippen molar-refractivity contribution in [1.82, 2.24) is 0 Å². The largest absolute Gasteiger partial charge is 0.462 e. The topological polar surface area (TPSA) is 78.9 Å². The number of esters is 3. The predicted octanol–water partition coefficient (Wildman–Crippen LogP) is 16.7. The van der Waals surface area contributed by atoms with E-state index in [1.54, 1.807) is 0 Å². The Morgan fingerprint density at radius 3 is 1.02 bits per heavy atom. The first-order valence-corrected chi connectivity index (χ1v) is 25.6. The van der Waals surface area contributed by atoms with Gasteiger partial charge in [0.15, 0.2) is 6.10 Å². The molecule has 0 bridgehead atoms. The van der Waals surface area contributed by atoms with Crippen LogP contribution in [-0.2, 0) is 28.6 Å². The van der Waals surface area contributed by atoms with E-state index in [-0.39, 0.29) is 31.1 Å². The number of carbonyl (C=O) groups excluding carboxylic acids is 3. The summed E-state index contributed by atoms with van der Waals surface area (Å²) in [6.07, 6.45) is 58.2. The molecule has 0 N–H and O–H groups in total. The van der Waals surface area contributed by atoms with Gasteiger partial charge < -0.3 is 14.2 Å². The number of carbonyl (C=O) groups is 3. The lowest BCUT2D eigenvalue weighted by Crippen LogP contribution is -2.30. The summed E-state index contributed by atoms with van der Waals surface area (Å²) in [6, 6.07) is 0. The molecule has 0 saturated carbocycles. The van der Waals surface area contributed by atoms with Crippen LogP contribution in [0.2, 0.25) is 0 Å². The van der Waals surface area contributed by atoms with Gasteiger partial charge in [0.2, 0.25) is 0 Å². The average molecular weight is 841 g/mol. The van der Waals surface area contributed by atoms with Gasteiger partial charge in [-0.1, -0.05) is 230 Å². The molecule has 348 valence electrons. The molecule has 6 heteroatoms. The molecule has 0 rings (SSSR count). The lowest BCUT2D eigenvalue weighted by Gasteiger charge is -2.18. The minimum atomic E-state index is -0.770. The van der Waals surface area contributed by atoms with E-state index >= 15 is 0 Å². The van der Waals surface area contributed by atoms with Gasteiger partial charge in [0.25, 0.3) is 0 Å². The maximum atomic E-state index is 12.7. The number of allylic oxidation sites excluding steroid dienone is 8. The van der Waals surface area contributed by atoms with Crippen LogP contribution in [0.1, 0.15) is 258 Å². The van der Waals surface area contributed by atoms with Crippen molar-refractivity contribution in [3.8, 4) is 0 Å². The third-order valence-corrected chi connectivity index (χ3v) is 11.1. The number of hydrogen-bond donors (Lipinski definition) is 0. The Balaban J connectivity index is 4.25. The van der Waals surface area contributed by atoms with E-state index in [2.05, 4.69) is 69.4 Å². The van der Waals surface area contributed by atoms with Gasteiger partial charge in [0.05, 0.1) is 0 Å². The maximum absolute atomic E-state index is 12.7. The first-order valence-electron chi connectivity index (χ1n) is 25.6. The van der Waals surface area contributed by atoms with Gasteiger partial charge >= 0.3 is 17.9 Å². The summed E-state index contributed by atoms with van der Waals surface area (Å²) in [6.45, 7) is 6.50. The van der Waals surface area contributed by atoms with Gasteiger partial charge in [-0.25, -0.2) is 0 Å². The molecule has 0 aromatic carbocycles. The molecule has 0 aliphatic carbocycles. The fourth-order valence-electron chi connectivity index (χ4n) is 7.26. The Hall–Kier alpha value is -2.63. The normalized spacial score (nSPS) is 12.4. The smallest absolute Gasteiger partial charge is 0.306 e. The second-order valence-corrected chi connectivity index (χ2v) is 17.1. The van der Waals surface area contributed by atoms with Crippen LogP contribution in [0.15, 0.2) is 48.6 Å². The van der Waals surface area contributed by atoms with Crippen LogP contribution in [0.25, 0.3) is 0 Å². The number of unbranched alkanes of at least 4 members (excludes halogenated alkanes) is 27. The second kappa shape index (κ2) is 49.0. The first-order chi connectivity index (χ1) is 29.5. The molecule has 0 aliphatic rings. The van der Waals surface area contributed by atoms with Gasteiger partial charge in [-0.15, -0.1) is 0 Å². The van der Waals surface area contributed by atoms with E-state index in [0.717, 1.165) is 89.9 Å². The Morgan fingerprint density at radius 1 is 0.350 bits per heavy atom. The number of hydrogen-bond acceptors (Lipinski definition) is 6. The maximum Gasteiger partial charge on any atom is 0.306 e. The molecule has 0 aliphatic heterocycles. The van der Waals surface area contributed by atoms with Crippen LogP contribution < -0.4 is 0 Å². The lowest BCUT2D eigenvalue weighted by atomic mass is 10.0. The molecule has 0 spiro atoms. The highest BCUT2D eigenvalue weighted by atomic mass is 16.6. The van der Waals surface area contributed by atoms with Crippen molar-refractivity contribution in [2.45, 2.75) is 264 Å². The Kier molecular flexibility index (Phi) is 46.9. The zero-order valence-corrected chi connectivity index (χ0v) is 39.7. The average Bonchev–Trinajstić information content (AvgIpc) is 3.24. The summed E-state index contributed by atoms with van der Waals surface area (Å²) in [4.78, 5) is 37.8. The van der Waals surface area contributed by atoms with Crippen molar-refractivity contribution in [3.05, 3.63) is 48.6 Å². The van der Waals surface area contributed by atoms with Crippen LogP contribution in [0.3, 0.4) is 0 Å². The minimum absolute atomic E-state index is 0.0725. The Morgan fingerprint density at radius 2 is 0.650 bits per heavy atom. The highest BCUT2D eigenvalue weighted by molar-refractivity contribution is 5.71. The third-order valence-electron chi connectivity index (χ3n) is 11.1. The quantitative estimate of drug-likeness (QED) is 0.0263. The van der Waals surface area contributed by atoms with Crippen LogP contribution in [0, 0.1) is 0 Å². The number of ether oxygens (including phenoxy) is 3. The molecule has 1 atom stereocenters. The Bertz CT molecular complexity index is 1060. The van der Waals surface area contributed by atoms with E-state index in [9.17, 15) is 14.4 Å². The molecule has 0 amide bonds.